The van der Waals surface area contributed by atoms with Crippen molar-refractivity contribution in [2.45, 2.75) is 6.61 Å². The molecule has 0 aliphatic carbocycles. The third-order valence-electron chi connectivity index (χ3n) is 3.66. The van der Waals surface area contributed by atoms with Crippen LogP contribution in [0.3, 0.4) is 0 Å². The van der Waals surface area contributed by atoms with Gasteiger partial charge in [0.15, 0.2) is 0 Å². The topological polar surface area (TPSA) is 50.5 Å². The highest BCUT2D eigenvalue weighted by molar-refractivity contribution is 5.77. The maximum Gasteiger partial charge on any atom is 0.135 e. The van der Waals surface area contributed by atoms with E-state index in [-0.39, 0.29) is 6.61 Å². The summed E-state index contributed by atoms with van der Waals surface area (Å²) in [6, 6.07) is 13.6. The predicted octanol–water partition coefficient (Wildman–Crippen LogP) is 2.92. The lowest BCUT2D eigenvalue weighted by Crippen LogP contribution is -2.08. The Labute approximate surface area is 129 Å². The van der Waals surface area contributed by atoms with Crippen molar-refractivity contribution in [3.05, 3.63) is 48.3 Å². The third kappa shape index (κ3) is 2.63. The lowest BCUT2D eigenvalue weighted by atomic mass is 10.2. The molecule has 3 rings (SSSR count). The van der Waals surface area contributed by atoms with E-state index in [1.165, 1.54) is 0 Å². The fourth-order valence-electron chi connectivity index (χ4n) is 2.39. The van der Waals surface area contributed by atoms with Crippen LogP contribution in [0.15, 0.2) is 42.5 Å². The molecule has 1 N–H and O–H groups in total. The summed E-state index contributed by atoms with van der Waals surface area (Å²) >= 11 is 0. The second-order valence-electron chi connectivity index (χ2n) is 5.39. The van der Waals surface area contributed by atoms with Crippen LogP contribution in [0.2, 0.25) is 0 Å². The van der Waals surface area contributed by atoms with Crippen molar-refractivity contribution in [3.8, 4) is 11.5 Å². The summed E-state index contributed by atoms with van der Waals surface area (Å²) in [6.07, 6.45) is 0. The highest BCUT2D eigenvalue weighted by Gasteiger charge is 2.08. The van der Waals surface area contributed by atoms with E-state index < -0.39 is 0 Å². The highest BCUT2D eigenvalue weighted by Crippen LogP contribution is 2.28. The average molecular weight is 297 g/mol. The number of aryl methyl sites for hydroxylation is 1. The molecule has 5 heteroatoms. The molecule has 0 fully saturated rings. The van der Waals surface area contributed by atoms with Crippen molar-refractivity contribution in [2.24, 2.45) is 7.05 Å². The first-order valence-electron chi connectivity index (χ1n) is 7.10. The number of ether oxygens (including phenoxy) is 1. The number of hydrogen-bond acceptors (Lipinski definition) is 4. The Morgan fingerprint density at radius 3 is 2.64 bits per heavy atom. The molecule has 0 unspecified atom stereocenters. The molecule has 1 heterocycles. The van der Waals surface area contributed by atoms with Gasteiger partial charge in [-0.05, 0) is 24.3 Å². The summed E-state index contributed by atoms with van der Waals surface area (Å²) in [6.45, 7) is -0.0771. The van der Waals surface area contributed by atoms with Crippen LogP contribution in [-0.4, -0.2) is 28.8 Å². The van der Waals surface area contributed by atoms with Gasteiger partial charge in [-0.3, -0.25) is 0 Å². The molecule has 0 aliphatic rings. The zero-order chi connectivity index (χ0) is 15.7. The lowest BCUT2D eigenvalue weighted by Gasteiger charge is -2.14. The smallest absolute Gasteiger partial charge is 0.135 e. The second-order valence-corrected chi connectivity index (χ2v) is 5.39. The molecule has 0 spiro atoms. The van der Waals surface area contributed by atoms with Gasteiger partial charge < -0.3 is 19.3 Å². The van der Waals surface area contributed by atoms with Crippen LogP contribution < -0.4 is 9.64 Å². The summed E-state index contributed by atoms with van der Waals surface area (Å²) < 4.78 is 7.82. The van der Waals surface area contributed by atoms with Crippen molar-refractivity contribution >= 4 is 16.7 Å². The zero-order valence-corrected chi connectivity index (χ0v) is 12.9. The molecule has 114 valence electrons. The van der Waals surface area contributed by atoms with Gasteiger partial charge in [-0.15, -0.1) is 0 Å². The van der Waals surface area contributed by atoms with E-state index in [9.17, 15) is 5.11 Å². The summed E-state index contributed by atoms with van der Waals surface area (Å²) in [5, 5.41) is 9.29. The summed E-state index contributed by atoms with van der Waals surface area (Å²) in [4.78, 5) is 6.40. The van der Waals surface area contributed by atoms with Crippen LogP contribution in [0.5, 0.6) is 11.5 Å². The van der Waals surface area contributed by atoms with E-state index in [1.807, 2.05) is 73.1 Å². The zero-order valence-electron chi connectivity index (χ0n) is 12.9. The Hall–Kier alpha value is -2.53. The number of aromatic nitrogens is 2. The van der Waals surface area contributed by atoms with Crippen LogP contribution in [0.1, 0.15) is 5.82 Å². The molecule has 0 saturated heterocycles. The molecule has 22 heavy (non-hydrogen) atoms. The van der Waals surface area contributed by atoms with Crippen molar-refractivity contribution in [1.82, 2.24) is 9.55 Å². The molecule has 0 atom stereocenters. The minimum absolute atomic E-state index is 0.0771. The molecule has 0 radical (unpaired) electrons. The fraction of sp³-hybridized carbons (Fsp3) is 0.235. The van der Waals surface area contributed by atoms with E-state index in [2.05, 4.69) is 4.98 Å². The molecule has 2 aromatic carbocycles. The molecule has 0 bridgehead atoms. The number of nitrogens with zero attached hydrogens (tertiary/aromatic N) is 3. The number of benzene rings is 2. The van der Waals surface area contributed by atoms with Crippen LogP contribution in [0.25, 0.3) is 11.0 Å². The molecule has 5 nitrogen and oxygen atoms in total. The van der Waals surface area contributed by atoms with Gasteiger partial charge >= 0.3 is 0 Å². The number of anilines is 1. The van der Waals surface area contributed by atoms with E-state index in [1.54, 1.807) is 0 Å². The Balaban J connectivity index is 1.94. The van der Waals surface area contributed by atoms with Gasteiger partial charge in [-0.25, -0.2) is 4.98 Å². The molecule has 3 aromatic rings. The van der Waals surface area contributed by atoms with Crippen molar-refractivity contribution in [1.29, 1.82) is 0 Å². The highest BCUT2D eigenvalue weighted by atomic mass is 16.5. The first kappa shape index (κ1) is 14.4. The van der Waals surface area contributed by atoms with Crippen LogP contribution in [0.4, 0.5) is 5.69 Å². The minimum atomic E-state index is -0.0771. The van der Waals surface area contributed by atoms with Crippen molar-refractivity contribution in [2.75, 3.05) is 19.0 Å². The van der Waals surface area contributed by atoms with Gasteiger partial charge in [-0.1, -0.05) is 6.07 Å². The maximum atomic E-state index is 9.29. The van der Waals surface area contributed by atoms with Crippen molar-refractivity contribution in [3.63, 3.8) is 0 Å². The van der Waals surface area contributed by atoms with E-state index in [0.29, 0.717) is 5.82 Å². The van der Waals surface area contributed by atoms with Gasteiger partial charge in [-0.2, -0.15) is 0 Å². The monoisotopic (exact) mass is 297 g/mol. The molecular weight excluding hydrogens is 278 g/mol. The molecule has 1 aromatic heterocycles. The van der Waals surface area contributed by atoms with Crippen LogP contribution in [0, 0.1) is 0 Å². The van der Waals surface area contributed by atoms with Gasteiger partial charge in [0.05, 0.1) is 11.0 Å². The predicted molar refractivity (Wildman–Crippen MR) is 87.5 cm³/mol. The van der Waals surface area contributed by atoms with E-state index in [4.69, 9.17) is 4.74 Å². The molecule has 0 aliphatic heterocycles. The standard InChI is InChI=1S/C17H19N3O2/c1-19(2)12-5-4-6-13(9-12)22-14-7-8-15-16(10-14)20(3)17(11-21)18-15/h4-10,21H,11H2,1-3H3. The first-order chi connectivity index (χ1) is 10.6. The molecule has 0 amide bonds. The summed E-state index contributed by atoms with van der Waals surface area (Å²) in [7, 11) is 5.88. The maximum absolute atomic E-state index is 9.29. The van der Waals surface area contributed by atoms with Crippen LogP contribution >= 0.6 is 0 Å². The minimum Gasteiger partial charge on any atom is -0.457 e. The van der Waals surface area contributed by atoms with Gasteiger partial charge in [0, 0.05) is 39.0 Å². The van der Waals surface area contributed by atoms with Gasteiger partial charge in [0.25, 0.3) is 0 Å². The van der Waals surface area contributed by atoms with Gasteiger partial charge in [0.1, 0.15) is 23.9 Å². The third-order valence-corrected chi connectivity index (χ3v) is 3.66. The van der Waals surface area contributed by atoms with Crippen molar-refractivity contribution < 1.29 is 9.84 Å². The number of aliphatic hydroxyl groups excluding tert-OH is 1. The van der Waals surface area contributed by atoms with E-state index in [0.717, 1.165) is 28.2 Å². The first-order valence-corrected chi connectivity index (χ1v) is 7.10. The number of rotatable bonds is 4. The Morgan fingerprint density at radius 2 is 1.91 bits per heavy atom. The Kier molecular flexibility index (Phi) is 3.73. The molecule has 0 saturated carbocycles. The average Bonchev–Trinajstić information content (AvgIpc) is 2.84. The molecular formula is C17H19N3O2. The van der Waals surface area contributed by atoms with Gasteiger partial charge in [0.2, 0.25) is 0 Å². The summed E-state index contributed by atoms with van der Waals surface area (Å²) in [5.41, 5.74) is 2.87. The normalized spacial score (nSPS) is 10.9. The quantitative estimate of drug-likeness (QED) is 0.804. The Bertz CT molecular complexity index is 809. The Morgan fingerprint density at radius 1 is 1.14 bits per heavy atom. The lowest BCUT2D eigenvalue weighted by molar-refractivity contribution is 0.268. The SMILES string of the molecule is CN(C)c1cccc(Oc2ccc3nc(CO)n(C)c3c2)c1. The van der Waals surface area contributed by atoms with E-state index >= 15 is 0 Å². The largest absolute Gasteiger partial charge is 0.457 e. The number of imidazole rings is 1. The number of aliphatic hydroxyl groups is 1. The van der Waals surface area contributed by atoms with Crippen LogP contribution in [-0.2, 0) is 13.7 Å². The second kappa shape index (κ2) is 5.69. The summed E-state index contributed by atoms with van der Waals surface area (Å²) in [5.74, 6) is 2.17. The number of hydrogen-bond donors (Lipinski definition) is 1. The fourth-order valence-corrected chi connectivity index (χ4v) is 2.39. The number of fused-ring (bicyclic) bond motifs is 1.